The van der Waals surface area contributed by atoms with Gasteiger partial charge in [0.2, 0.25) is 5.95 Å². The molecule has 0 radical (unpaired) electrons. The van der Waals surface area contributed by atoms with Crippen molar-refractivity contribution in [2.24, 2.45) is 5.41 Å². The molecule has 0 bridgehead atoms. The summed E-state index contributed by atoms with van der Waals surface area (Å²) in [5, 5.41) is 3.33. The molecule has 0 unspecified atom stereocenters. The minimum absolute atomic E-state index is 0.152. The van der Waals surface area contributed by atoms with Crippen LogP contribution in [0, 0.1) is 12.3 Å². The Morgan fingerprint density at radius 2 is 2.12 bits per heavy atom. The van der Waals surface area contributed by atoms with Gasteiger partial charge in [0.15, 0.2) is 0 Å². The van der Waals surface area contributed by atoms with Gasteiger partial charge in [0.1, 0.15) is 0 Å². The minimum Gasteiger partial charge on any atom is -0.379 e. The Hall–Kier alpha value is -1.57. The first-order valence-electron chi connectivity index (χ1n) is 8.96. The molecule has 25 heavy (non-hydrogen) atoms. The van der Waals surface area contributed by atoms with E-state index in [1.54, 1.807) is 11.3 Å². The molecule has 2 fully saturated rings. The standard InChI is InChI=1S/C18H25N5OS/c1-15-21-16(11-25-15)10-22-7-2-4-18(12-22)13-23(8-9-24-14-18)17-19-5-3-6-20-17/h3,5-6,11H,2,4,7-10,12-14H2,1H3/t18-/m1/s1. The predicted molar refractivity (Wildman–Crippen MR) is 98.9 cm³/mol. The molecule has 134 valence electrons. The van der Waals surface area contributed by atoms with Crippen LogP contribution in [0.4, 0.5) is 5.95 Å². The SMILES string of the molecule is Cc1nc(CN2CCC[C@@]3(COCCN(c4ncccn4)C3)C2)cs1. The number of aromatic nitrogens is 3. The molecule has 0 aromatic carbocycles. The number of thiazole rings is 1. The number of hydrogen-bond acceptors (Lipinski definition) is 7. The highest BCUT2D eigenvalue weighted by molar-refractivity contribution is 7.09. The fourth-order valence-electron chi connectivity index (χ4n) is 4.02. The predicted octanol–water partition coefficient (Wildman–Crippen LogP) is 2.36. The van der Waals surface area contributed by atoms with Crippen molar-refractivity contribution in [2.75, 3.05) is 44.3 Å². The zero-order valence-electron chi connectivity index (χ0n) is 14.7. The van der Waals surface area contributed by atoms with Crippen LogP contribution < -0.4 is 4.90 Å². The highest BCUT2D eigenvalue weighted by atomic mass is 32.1. The maximum absolute atomic E-state index is 6.00. The summed E-state index contributed by atoms with van der Waals surface area (Å²) in [5.41, 5.74) is 1.34. The van der Waals surface area contributed by atoms with E-state index < -0.39 is 0 Å². The van der Waals surface area contributed by atoms with Gasteiger partial charge in [0, 0.05) is 49.4 Å². The monoisotopic (exact) mass is 359 g/mol. The van der Waals surface area contributed by atoms with Crippen molar-refractivity contribution in [3.8, 4) is 0 Å². The van der Waals surface area contributed by atoms with E-state index in [1.807, 2.05) is 18.5 Å². The first kappa shape index (κ1) is 16.9. The second-order valence-electron chi connectivity index (χ2n) is 7.20. The lowest BCUT2D eigenvalue weighted by molar-refractivity contribution is 0.0103. The van der Waals surface area contributed by atoms with Crippen molar-refractivity contribution in [1.82, 2.24) is 19.9 Å². The Morgan fingerprint density at radius 1 is 1.24 bits per heavy atom. The third-order valence-corrected chi connectivity index (χ3v) is 5.89. The minimum atomic E-state index is 0.152. The average molecular weight is 359 g/mol. The summed E-state index contributed by atoms with van der Waals surface area (Å²) in [5.74, 6) is 0.819. The van der Waals surface area contributed by atoms with E-state index in [0.717, 1.165) is 56.9 Å². The van der Waals surface area contributed by atoms with Gasteiger partial charge in [-0.15, -0.1) is 11.3 Å². The molecule has 2 aromatic heterocycles. The summed E-state index contributed by atoms with van der Waals surface area (Å²) < 4.78 is 6.00. The molecule has 7 heteroatoms. The van der Waals surface area contributed by atoms with Crippen molar-refractivity contribution >= 4 is 17.3 Å². The average Bonchev–Trinajstić information content (AvgIpc) is 2.92. The summed E-state index contributed by atoms with van der Waals surface area (Å²) >= 11 is 1.73. The molecule has 6 nitrogen and oxygen atoms in total. The third-order valence-electron chi connectivity index (χ3n) is 5.07. The van der Waals surface area contributed by atoms with E-state index in [-0.39, 0.29) is 5.41 Å². The Labute approximate surface area is 152 Å². The molecule has 0 amide bonds. The number of likely N-dealkylation sites (tertiary alicyclic amines) is 1. The van der Waals surface area contributed by atoms with Crippen molar-refractivity contribution in [3.63, 3.8) is 0 Å². The first-order valence-corrected chi connectivity index (χ1v) is 9.84. The molecule has 4 rings (SSSR count). The van der Waals surface area contributed by atoms with E-state index in [0.29, 0.717) is 0 Å². The van der Waals surface area contributed by atoms with Crippen LogP contribution in [0.2, 0.25) is 0 Å². The van der Waals surface area contributed by atoms with Crippen LogP contribution in [0.25, 0.3) is 0 Å². The van der Waals surface area contributed by atoms with Gasteiger partial charge in [0.25, 0.3) is 0 Å². The van der Waals surface area contributed by atoms with Crippen LogP contribution >= 0.6 is 11.3 Å². The maximum atomic E-state index is 6.00. The summed E-state index contributed by atoms with van der Waals surface area (Å²) in [6, 6.07) is 1.87. The van der Waals surface area contributed by atoms with Gasteiger partial charge in [-0.2, -0.15) is 0 Å². The fourth-order valence-corrected chi connectivity index (χ4v) is 4.62. The lowest BCUT2D eigenvalue weighted by Gasteiger charge is -2.43. The summed E-state index contributed by atoms with van der Waals surface area (Å²) in [7, 11) is 0. The van der Waals surface area contributed by atoms with Gasteiger partial charge in [-0.3, -0.25) is 4.90 Å². The number of ether oxygens (including phenoxy) is 1. The maximum Gasteiger partial charge on any atom is 0.225 e. The summed E-state index contributed by atoms with van der Waals surface area (Å²) in [6.45, 7) is 8.58. The van der Waals surface area contributed by atoms with Crippen LogP contribution in [0.5, 0.6) is 0 Å². The fraction of sp³-hybridized carbons (Fsp3) is 0.611. The molecular weight excluding hydrogens is 334 g/mol. The van der Waals surface area contributed by atoms with E-state index in [1.165, 1.54) is 18.5 Å². The molecule has 2 saturated heterocycles. The van der Waals surface area contributed by atoms with Crippen LogP contribution in [-0.4, -0.2) is 59.2 Å². The van der Waals surface area contributed by atoms with Crippen molar-refractivity contribution in [1.29, 1.82) is 0 Å². The van der Waals surface area contributed by atoms with Gasteiger partial charge < -0.3 is 9.64 Å². The number of hydrogen-bond donors (Lipinski definition) is 0. The van der Waals surface area contributed by atoms with Crippen LogP contribution in [0.3, 0.4) is 0 Å². The molecule has 2 aromatic rings. The van der Waals surface area contributed by atoms with Crippen LogP contribution in [0.1, 0.15) is 23.5 Å². The van der Waals surface area contributed by atoms with E-state index >= 15 is 0 Å². The molecule has 0 saturated carbocycles. The number of rotatable bonds is 3. The van der Waals surface area contributed by atoms with E-state index in [4.69, 9.17) is 4.74 Å². The van der Waals surface area contributed by atoms with Gasteiger partial charge >= 0.3 is 0 Å². The second-order valence-corrected chi connectivity index (χ2v) is 8.26. The van der Waals surface area contributed by atoms with Gasteiger partial charge in [-0.05, 0) is 32.4 Å². The number of piperidine rings is 1. The highest BCUT2D eigenvalue weighted by Gasteiger charge is 2.39. The zero-order valence-corrected chi connectivity index (χ0v) is 15.5. The molecular formula is C18H25N5OS. The molecule has 0 aliphatic carbocycles. The van der Waals surface area contributed by atoms with Crippen molar-refractivity contribution in [2.45, 2.75) is 26.3 Å². The Kier molecular flexibility index (Phi) is 4.96. The molecule has 2 aliphatic heterocycles. The third kappa shape index (κ3) is 3.99. The first-order chi connectivity index (χ1) is 12.2. The van der Waals surface area contributed by atoms with Crippen LogP contribution in [-0.2, 0) is 11.3 Å². The molecule has 1 atom stereocenters. The summed E-state index contributed by atoms with van der Waals surface area (Å²) in [4.78, 5) is 18.4. The van der Waals surface area contributed by atoms with E-state index in [9.17, 15) is 0 Å². The quantitative estimate of drug-likeness (QED) is 0.839. The van der Waals surface area contributed by atoms with Gasteiger partial charge in [-0.1, -0.05) is 0 Å². The number of anilines is 1. The number of nitrogens with zero attached hydrogens (tertiary/aromatic N) is 5. The summed E-state index contributed by atoms with van der Waals surface area (Å²) in [6.07, 6.45) is 6.04. The Balaban J connectivity index is 1.48. The number of aryl methyl sites for hydroxylation is 1. The van der Waals surface area contributed by atoms with Crippen molar-refractivity contribution < 1.29 is 4.74 Å². The van der Waals surface area contributed by atoms with E-state index in [2.05, 4.69) is 37.1 Å². The second kappa shape index (κ2) is 7.35. The Bertz CT molecular complexity index is 694. The molecule has 0 N–H and O–H groups in total. The smallest absolute Gasteiger partial charge is 0.225 e. The molecule has 2 aliphatic rings. The normalized spacial score (nSPS) is 25.2. The largest absolute Gasteiger partial charge is 0.379 e. The lowest BCUT2D eigenvalue weighted by atomic mass is 9.80. The zero-order chi connectivity index (χ0) is 17.1. The van der Waals surface area contributed by atoms with Gasteiger partial charge in [-0.25, -0.2) is 15.0 Å². The topological polar surface area (TPSA) is 54.4 Å². The molecule has 4 heterocycles. The van der Waals surface area contributed by atoms with Crippen LogP contribution in [0.15, 0.2) is 23.8 Å². The van der Waals surface area contributed by atoms with Gasteiger partial charge in [0.05, 0.1) is 23.9 Å². The Morgan fingerprint density at radius 3 is 2.92 bits per heavy atom. The van der Waals surface area contributed by atoms with Crippen molar-refractivity contribution in [3.05, 3.63) is 34.5 Å². The highest BCUT2D eigenvalue weighted by Crippen LogP contribution is 2.34. The lowest BCUT2D eigenvalue weighted by Crippen LogP contribution is -2.50. The molecule has 1 spiro atoms.